The van der Waals surface area contributed by atoms with Crippen molar-refractivity contribution in [2.75, 3.05) is 0 Å². The van der Waals surface area contributed by atoms with Crippen LogP contribution in [-0.2, 0) is 0 Å². The highest BCUT2D eigenvalue weighted by atomic mass is 16.1. The van der Waals surface area contributed by atoms with E-state index in [1.807, 2.05) is 43.3 Å². The van der Waals surface area contributed by atoms with Crippen molar-refractivity contribution in [3.63, 3.8) is 0 Å². The van der Waals surface area contributed by atoms with Crippen LogP contribution in [0.15, 0.2) is 48.7 Å². The summed E-state index contributed by atoms with van der Waals surface area (Å²) in [5, 5.41) is 10.7. The molecule has 0 fully saturated rings. The number of fused-ring (bicyclic) bond motifs is 2. The molecule has 6 heteroatoms. The van der Waals surface area contributed by atoms with Gasteiger partial charge in [-0.05, 0) is 25.1 Å². The van der Waals surface area contributed by atoms with Crippen LogP contribution in [0.4, 0.5) is 0 Å². The fourth-order valence-corrected chi connectivity index (χ4v) is 2.68. The second kappa shape index (κ2) is 5.24. The fraction of sp³-hybridized carbons (Fsp3) is 0.118. The quantitative estimate of drug-likeness (QED) is 0.544. The minimum atomic E-state index is -0.229. The summed E-state index contributed by atoms with van der Waals surface area (Å²) in [6.07, 6.45) is 1.70. The van der Waals surface area contributed by atoms with Gasteiger partial charge in [0.15, 0.2) is 0 Å². The number of H-pyrrole nitrogens is 2. The zero-order chi connectivity index (χ0) is 15.8. The third-order valence-electron chi connectivity index (χ3n) is 3.89. The zero-order valence-electron chi connectivity index (χ0n) is 12.5. The molecule has 0 saturated heterocycles. The Morgan fingerprint density at radius 2 is 2.04 bits per heavy atom. The molecule has 114 valence electrons. The number of aromatic nitrogens is 4. The molecule has 1 amide bonds. The summed E-state index contributed by atoms with van der Waals surface area (Å²) in [6, 6.07) is 13.1. The van der Waals surface area contributed by atoms with Crippen LogP contribution < -0.4 is 5.32 Å². The Morgan fingerprint density at radius 1 is 1.17 bits per heavy atom. The van der Waals surface area contributed by atoms with Crippen LogP contribution in [-0.4, -0.2) is 26.1 Å². The minimum Gasteiger partial charge on any atom is -0.342 e. The van der Waals surface area contributed by atoms with E-state index in [9.17, 15) is 4.79 Å². The summed E-state index contributed by atoms with van der Waals surface area (Å²) < 4.78 is 0. The number of carbonyl (C=O) groups is 1. The average Bonchev–Trinajstić information content (AvgIpc) is 3.20. The van der Waals surface area contributed by atoms with Crippen molar-refractivity contribution in [2.45, 2.75) is 13.0 Å². The molecule has 6 nitrogen and oxygen atoms in total. The molecule has 2 aromatic carbocycles. The smallest absolute Gasteiger partial charge is 0.254 e. The standard InChI is InChI=1S/C17H15N5O/c1-10(16-20-13-7-2-3-8-14(13)21-16)19-17(23)12-6-4-5-11-9-18-22-15(11)12/h2-10H,1H3,(H,18,22)(H,19,23)(H,20,21)/t10-/m0/s1. The van der Waals surface area contributed by atoms with Crippen LogP contribution in [0.25, 0.3) is 21.9 Å². The molecule has 1 atom stereocenters. The highest BCUT2D eigenvalue weighted by Crippen LogP contribution is 2.18. The van der Waals surface area contributed by atoms with Crippen molar-refractivity contribution in [2.24, 2.45) is 0 Å². The Kier molecular flexibility index (Phi) is 3.08. The molecule has 0 unspecified atom stereocenters. The van der Waals surface area contributed by atoms with E-state index >= 15 is 0 Å². The normalized spacial score (nSPS) is 12.6. The predicted molar refractivity (Wildman–Crippen MR) is 88.1 cm³/mol. The maximum atomic E-state index is 12.6. The van der Waals surface area contributed by atoms with Crippen molar-refractivity contribution in [1.29, 1.82) is 0 Å². The van der Waals surface area contributed by atoms with E-state index in [0.717, 1.165) is 27.8 Å². The molecule has 0 spiro atoms. The molecule has 0 bridgehead atoms. The minimum absolute atomic E-state index is 0.159. The maximum absolute atomic E-state index is 12.6. The first kappa shape index (κ1) is 13.5. The van der Waals surface area contributed by atoms with Crippen LogP contribution in [0.5, 0.6) is 0 Å². The van der Waals surface area contributed by atoms with Gasteiger partial charge in [-0.2, -0.15) is 5.10 Å². The van der Waals surface area contributed by atoms with Gasteiger partial charge >= 0.3 is 0 Å². The highest BCUT2D eigenvalue weighted by molar-refractivity contribution is 6.05. The Hall–Kier alpha value is -3.15. The number of nitrogens with one attached hydrogen (secondary N) is 3. The summed E-state index contributed by atoms with van der Waals surface area (Å²) >= 11 is 0. The summed E-state index contributed by atoms with van der Waals surface area (Å²) in [6.45, 7) is 1.91. The first-order chi connectivity index (χ1) is 11.2. The van der Waals surface area contributed by atoms with Gasteiger partial charge in [0.2, 0.25) is 0 Å². The molecule has 0 radical (unpaired) electrons. The monoisotopic (exact) mass is 305 g/mol. The molecular weight excluding hydrogens is 290 g/mol. The van der Waals surface area contributed by atoms with Crippen molar-refractivity contribution >= 4 is 27.8 Å². The van der Waals surface area contributed by atoms with Gasteiger partial charge in [-0.25, -0.2) is 4.98 Å². The maximum Gasteiger partial charge on any atom is 0.254 e. The summed E-state index contributed by atoms with van der Waals surface area (Å²) in [5.41, 5.74) is 3.16. The van der Waals surface area contributed by atoms with Gasteiger partial charge in [0.1, 0.15) is 5.82 Å². The van der Waals surface area contributed by atoms with Gasteiger partial charge in [0.05, 0.1) is 34.4 Å². The molecule has 2 aromatic heterocycles. The van der Waals surface area contributed by atoms with Crippen molar-refractivity contribution in [3.05, 3.63) is 60.0 Å². The van der Waals surface area contributed by atoms with Gasteiger partial charge < -0.3 is 10.3 Å². The number of carbonyl (C=O) groups excluding carboxylic acids is 1. The van der Waals surface area contributed by atoms with Crippen molar-refractivity contribution < 1.29 is 4.79 Å². The van der Waals surface area contributed by atoms with E-state index in [1.165, 1.54) is 0 Å². The predicted octanol–water partition coefficient (Wildman–Crippen LogP) is 2.93. The number of rotatable bonds is 3. The summed E-state index contributed by atoms with van der Waals surface area (Å²) in [7, 11) is 0. The number of benzene rings is 2. The lowest BCUT2D eigenvalue weighted by Crippen LogP contribution is -2.27. The molecule has 23 heavy (non-hydrogen) atoms. The van der Waals surface area contributed by atoms with Crippen LogP contribution >= 0.6 is 0 Å². The molecule has 2 heterocycles. The number of para-hydroxylation sites is 3. The molecule has 0 aliphatic rings. The van der Waals surface area contributed by atoms with E-state index < -0.39 is 0 Å². The highest BCUT2D eigenvalue weighted by Gasteiger charge is 2.17. The largest absolute Gasteiger partial charge is 0.342 e. The summed E-state index contributed by atoms with van der Waals surface area (Å²) in [5.74, 6) is 0.573. The van der Waals surface area contributed by atoms with Crippen LogP contribution in [0.1, 0.15) is 29.1 Å². The van der Waals surface area contributed by atoms with Gasteiger partial charge in [-0.15, -0.1) is 0 Å². The third-order valence-corrected chi connectivity index (χ3v) is 3.89. The molecule has 4 aromatic rings. The number of imidazole rings is 1. The Morgan fingerprint density at radius 3 is 2.91 bits per heavy atom. The lowest BCUT2D eigenvalue weighted by Gasteiger charge is -2.11. The third kappa shape index (κ3) is 2.34. The van der Waals surface area contributed by atoms with Crippen LogP contribution in [0.2, 0.25) is 0 Å². The SMILES string of the molecule is C[C@H](NC(=O)c1cccc2cn[nH]c12)c1nc2ccccc2[nH]1. The topological polar surface area (TPSA) is 86.5 Å². The van der Waals surface area contributed by atoms with E-state index in [0.29, 0.717) is 5.56 Å². The number of hydrogen-bond acceptors (Lipinski definition) is 3. The Bertz CT molecular complexity index is 967. The first-order valence-electron chi connectivity index (χ1n) is 7.40. The fourth-order valence-electron chi connectivity index (χ4n) is 2.68. The Balaban J connectivity index is 1.61. The molecule has 3 N–H and O–H groups in total. The van der Waals surface area contributed by atoms with Crippen molar-refractivity contribution in [1.82, 2.24) is 25.5 Å². The van der Waals surface area contributed by atoms with Crippen molar-refractivity contribution in [3.8, 4) is 0 Å². The molecule has 0 aliphatic heterocycles. The lowest BCUT2D eigenvalue weighted by molar-refractivity contribution is 0.0940. The number of nitrogens with zero attached hydrogens (tertiary/aromatic N) is 2. The van der Waals surface area contributed by atoms with Gasteiger partial charge in [-0.3, -0.25) is 9.89 Å². The van der Waals surface area contributed by atoms with E-state index in [1.54, 1.807) is 12.3 Å². The Labute approximate surface area is 131 Å². The van der Waals surface area contributed by atoms with Gasteiger partial charge in [0.25, 0.3) is 5.91 Å². The van der Waals surface area contributed by atoms with E-state index in [2.05, 4.69) is 25.5 Å². The molecular formula is C17H15N5O. The van der Waals surface area contributed by atoms with Gasteiger partial charge in [0, 0.05) is 5.39 Å². The average molecular weight is 305 g/mol. The van der Waals surface area contributed by atoms with Crippen LogP contribution in [0, 0.1) is 0 Å². The summed E-state index contributed by atoms with van der Waals surface area (Å²) in [4.78, 5) is 20.3. The zero-order valence-corrected chi connectivity index (χ0v) is 12.5. The number of hydrogen-bond donors (Lipinski definition) is 3. The van der Waals surface area contributed by atoms with E-state index in [-0.39, 0.29) is 11.9 Å². The molecule has 4 rings (SSSR count). The number of aromatic amines is 2. The second-order valence-corrected chi connectivity index (χ2v) is 5.47. The first-order valence-corrected chi connectivity index (χ1v) is 7.40. The number of amides is 1. The molecule has 0 aliphatic carbocycles. The van der Waals surface area contributed by atoms with E-state index in [4.69, 9.17) is 0 Å². The van der Waals surface area contributed by atoms with Gasteiger partial charge in [-0.1, -0.05) is 24.3 Å². The second-order valence-electron chi connectivity index (χ2n) is 5.47. The van der Waals surface area contributed by atoms with Crippen LogP contribution in [0.3, 0.4) is 0 Å². The lowest BCUT2D eigenvalue weighted by atomic mass is 10.1. The molecule has 0 saturated carbocycles.